The van der Waals surface area contributed by atoms with Crippen LogP contribution in [0.5, 0.6) is 5.75 Å². The second-order valence-corrected chi connectivity index (χ2v) is 5.14. The molecule has 0 aliphatic heterocycles. The highest BCUT2D eigenvalue weighted by atomic mass is 35.5. The van der Waals surface area contributed by atoms with Gasteiger partial charge in [-0.1, -0.05) is 29.8 Å². The zero-order valence-electron chi connectivity index (χ0n) is 12.2. The van der Waals surface area contributed by atoms with Crippen LogP contribution in [0.25, 0.3) is 6.08 Å². The van der Waals surface area contributed by atoms with E-state index in [0.717, 1.165) is 11.1 Å². The number of nitrogens with one attached hydrogen (secondary N) is 1. The van der Waals surface area contributed by atoms with Gasteiger partial charge in [-0.25, -0.2) is 0 Å². The monoisotopic (exact) mass is 316 g/mol. The lowest BCUT2D eigenvalue weighted by molar-refractivity contribution is -0.119. The van der Waals surface area contributed by atoms with Crippen molar-refractivity contribution in [2.24, 2.45) is 0 Å². The van der Waals surface area contributed by atoms with Crippen LogP contribution < -0.4 is 15.8 Å². The van der Waals surface area contributed by atoms with Crippen molar-refractivity contribution >= 4 is 29.3 Å². The number of nitrogen functional groups attached to an aromatic ring is 1. The Morgan fingerprint density at radius 3 is 2.68 bits per heavy atom. The van der Waals surface area contributed by atoms with Crippen molar-refractivity contribution in [1.82, 2.24) is 5.32 Å². The van der Waals surface area contributed by atoms with E-state index < -0.39 is 0 Å². The molecule has 1 amide bonds. The van der Waals surface area contributed by atoms with Gasteiger partial charge < -0.3 is 15.8 Å². The Bertz CT molecular complexity index is 682. The number of hydrogen-bond donors (Lipinski definition) is 2. The molecule has 0 bridgehead atoms. The molecule has 0 heterocycles. The number of rotatable bonds is 5. The summed E-state index contributed by atoms with van der Waals surface area (Å²) in [6.45, 7) is 0. The molecule has 0 saturated heterocycles. The van der Waals surface area contributed by atoms with E-state index in [4.69, 9.17) is 22.1 Å². The van der Waals surface area contributed by atoms with Crippen molar-refractivity contribution in [3.63, 3.8) is 0 Å². The average molecular weight is 317 g/mol. The van der Waals surface area contributed by atoms with E-state index in [2.05, 4.69) is 5.32 Å². The summed E-state index contributed by atoms with van der Waals surface area (Å²) in [5, 5.41) is 3.40. The van der Waals surface area contributed by atoms with Gasteiger partial charge in [0.05, 0.1) is 19.2 Å². The first-order chi connectivity index (χ1) is 10.6. The number of benzene rings is 2. The number of ether oxygens (including phenoxy) is 1. The van der Waals surface area contributed by atoms with Crippen molar-refractivity contribution in [2.75, 3.05) is 12.8 Å². The highest BCUT2D eigenvalue weighted by molar-refractivity contribution is 6.30. The Labute approximate surface area is 134 Å². The SMILES string of the molecule is COc1cc(CC(=O)N/C=C/c2ccc(Cl)cc2)ccc1N. The molecule has 0 unspecified atom stereocenters. The largest absolute Gasteiger partial charge is 0.495 e. The predicted molar refractivity (Wildman–Crippen MR) is 89.7 cm³/mol. The number of hydrogen-bond acceptors (Lipinski definition) is 3. The maximum absolute atomic E-state index is 11.9. The Morgan fingerprint density at radius 1 is 1.27 bits per heavy atom. The first-order valence-electron chi connectivity index (χ1n) is 6.72. The smallest absolute Gasteiger partial charge is 0.228 e. The molecule has 0 spiro atoms. The second kappa shape index (κ2) is 7.52. The quantitative estimate of drug-likeness (QED) is 0.832. The van der Waals surface area contributed by atoms with Crippen molar-refractivity contribution in [1.29, 1.82) is 0 Å². The molecule has 0 aliphatic rings. The lowest BCUT2D eigenvalue weighted by Crippen LogP contribution is -2.19. The van der Waals surface area contributed by atoms with Crippen molar-refractivity contribution in [3.8, 4) is 5.75 Å². The molecule has 0 aliphatic carbocycles. The normalized spacial score (nSPS) is 10.6. The van der Waals surface area contributed by atoms with Gasteiger partial charge in [0.25, 0.3) is 0 Å². The summed E-state index contributed by atoms with van der Waals surface area (Å²) in [5.74, 6) is 0.457. The van der Waals surface area contributed by atoms with E-state index in [-0.39, 0.29) is 12.3 Å². The van der Waals surface area contributed by atoms with Gasteiger partial charge in [-0.15, -0.1) is 0 Å². The Morgan fingerprint density at radius 2 is 2.00 bits per heavy atom. The third-order valence-electron chi connectivity index (χ3n) is 3.05. The van der Waals surface area contributed by atoms with Gasteiger partial charge in [0.2, 0.25) is 5.91 Å². The number of nitrogens with two attached hydrogens (primary N) is 1. The van der Waals surface area contributed by atoms with Crippen LogP contribution in [0.15, 0.2) is 48.7 Å². The Balaban J connectivity index is 1.91. The van der Waals surface area contributed by atoms with Crippen molar-refractivity contribution in [2.45, 2.75) is 6.42 Å². The van der Waals surface area contributed by atoms with Crippen LogP contribution in [0.4, 0.5) is 5.69 Å². The summed E-state index contributed by atoms with van der Waals surface area (Å²) >= 11 is 5.81. The fourth-order valence-corrected chi connectivity index (χ4v) is 2.03. The van der Waals surface area contributed by atoms with Gasteiger partial charge in [0, 0.05) is 11.2 Å². The maximum Gasteiger partial charge on any atom is 0.228 e. The molecule has 2 rings (SSSR count). The van der Waals surface area contributed by atoms with E-state index in [9.17, 15) is 4.79 Å². The second-order valence-electron chi connectivity index (χ2n) is 4.71. The first kappa shape index (κ1) is 15.9. The zero-order valence-corrected chi connectivity index (χ0v) is 12.9. The molecular weight excluding hydrogens is 300 g/mol. The molecule has 0 atom stereocenters. The van der Waals surface area contributed by atoms with Crippen LogP contribution in [-0.2, 0) is 11.2 Å². The number of halogens is 1. The summed E-state index contributed by atoms with van der Waals surface area (Å²) in [6, 6.07) is 12.6. The Hall–Kier alpha value is -2.46. The highest BCUT2D eigenvalue weighted by Gasteiger charge is 2.05. The molecule has 2 aromatic carbocycles. The molecule has 0 radical (unpaired) electrons. The fraction of sp³-hybridized carbons (Fsp3) is 0.118. The van der Waals surface area contributed by atoms with Gasteiger partial charge in [-0.2, -0.15) is 0 Å². The van der Waals surface area contributed by atoms with E-state index in [1.54, 1.807) is 49.7 Å². The van der Waals surface area contributed by atoms with Crippen LogP contribution in [0.2, 0.25) is 5.02 Å². The lowest BCUT2D eigenvalue weighted by atomic mass is 10.1. The fourth-order valence-electron chi connectivity index (χ4n) is 1.91. The summed E-state index contributed by atoms with van der Waals surface area (Å²) in [7, 11) is 1.55. The molecule has 0 aromatic heterocycles. The number of carbonyl (C=O) groups excluding carboxylic acids is 1. The molecular formula is C17H17ClN2O2. The molecule has 114 valence electrons. The molecule has 2 aromatic rings. The van der Waals surface area contributed by atoms with Crippen LogP contribution >= 0.6 is 11.6 Å². The van der Waals surface area contributed by atoms with E-state index in [1.807, 2.05) is 12.1 Å². The van der Waals surface area contributed by atoms with Gasteiger partial charge >= 0.3 is 0 Å². The lowest BCUT2D eigenvalue weighted by Gasteiger charge is -2.07. The van der Waals surface area contributed by atoms with Crippen molar-refractivity contribution < 1.29 is 9.53 Å². The zero-order chi connectivity index (χ0) is 15.9. The van der Waals surface area contributed by atoms with E-state index in [1.165, 1.54) is 0 Å². The molecule has 0 saturated carbocycles. The molecule has 5 heteroatoms. The molecule has 22 heavy (non-hydrogen) atoms. The number of methoxy groups -OCH3 is 1. The minimum Gasteiger partial charge on any atom is -0.495 e. The van der Waals surface area contributed by atoms with E-state index >= 15 is 0 Å². The molecule has 0 fully saturated rings. The summed E-state index contributed by atoms with van der Waals surface area (Å²) in [6.07, 6.45) is 3.67. The predicted octanol–water partition coefficient (Wildman–Crippen LogP) is 3.26. The van der Waals surface area contributed by atoms with Gasteiger partial charge in [0.15, 0.2) is 0 Å². The third-order valence-corrected chi connectivity index (χ3v) is 3.30. The number of anilines is 1. The van der Waals surface area contributed by atoms with Crippen LogP contribution in [-0.4, -0.2) is 13.0 Å². The van der Waals surface area contributed by atoms with Gasteiger partial charge in [-0.05, 0) is 41.5 Å². The number of carbonyl (C=O) groups is 1. The first-order valence-corrected chi connectivity index (χ1v) is 7.10. The van der Waals surface area contributed by atoms with Crippen LogP contribution in [0.3, 0.4) is 0 Å². The average Bonchev–Trinajstić information content (AvgIpc) is 2.51. The summed E-state index contributed by atoms with van der Waals surface area (Å²) < 4.78 is 5.13. The van der Waals surface area contributed by atoms with Crippen molar-refractivity contribution in [3.05, 3.63) is 64.8 Å². The minimum atomic E-state index is -0.114. The van der Waals surface area contributed by atoms with Gasteiger partial charge in [0.1, 0.15) is 5.75 Å². The Kier molecular flexibility index (Phi) is 5.44. The van der Waals surface area contributed by atoms with E-state index in [0.29, 0.717) is 16.5 Å². The minimum absolute atomic E-state index is 0.114. The maximum atomic E-state index is 11.9. The van der Waals surface area contributed by atoms with Crippen LogP contribution in [0.1, 0.15) is 11.1 Å². The molecule has 3 N–H and O–H groups in total. The summed E-state index contributed by atoms with van der Waals surface area (Å²) in [4.78, 5) is 11.9. The standard InChI is InChI=1S/C17H17ClN2O2/c1-22-16-10-13(4-7-15(16)19)11-17(21)20-9-8-12-2-5-14(18)6-3-12/h2-10H,11,19H2,1H3,(H,20,21)/b9-8+. The van der Waals surface area contributed by atoms with Crippen LogP contribution in [0, 0.1) is 0 Å². The highest BCUT2D eigenvalue weighted by Crippen LogP contribution is 2.22. The van der Waals surface area contributed by atoms with Gasteiger partial charge in [-0.3, -0.25) is 4.79 Å². The molecule has 4 nitrogen and oxygen atoms in total. The number of amides is 1. The topological polar surface area (TPSA) is 64.3 Å². The summed E-state index contributed by atoms with van der Waals surface area (Å²) in [5.41, 5.74) is 8.08. The third kappa shape index (κ3) is 4.53.